The molecule has 0 aromatic heterocycles. The molecule has 0 unspecified atom stereocenters. The highest BCUT2D eigenvalue weighted by Crippen LogP contribution is 2.36. The molecule has 0 radical (unpaired) electrons. The predicted octanol–water partition coefficient (Wildman–Crippen LogP) is 5.38. The first-order chi connectivity index (χ1) is 15.8. The highest BCUT2D eigenvalue weighted by Gasteiger charge is 2.36. The van der Waals surface area contributed by atoms with Gasteiger partial charge in [-0.25, -0.2) is 14.1 Å². The summed E-state index contributed by atoms with van der Waals surface area (Å²) in [6.45, 7) is 0.246. The van der Waals surface area contributed by atoms with Crippen LogP contribution in [0.5, 0.6) is 5.75 Å². The van der Waals surface area contributed by atoms with Crippen LogP contribution in [0.4, 0.5) is 14.9 Å². The lowest BCUT2D eigenvalue weighted by Crippen LogP contribution is -2.54. The fraction of sp³-hybridized carbons (Fsp3) is 0.0417. The summed E-state index contributed by atoms with van der Waals surface area (Å²) < 4.78 is 19.0. The van der Waals surface area contributed by atoms with Gasteiger partial charge in [0, 0.05) is 0 Å². The van der Waals surface area contributed by atoms with E-state index < -0.39 is 23.7 Å². The Morgan fingerprint density at radius 1 is 0.939 bits per heavy atom. The first-order valence-electron chi connectivity index (χ1n) is 9.66. The van der Waals surface area contributed by atoms with E-state index >= 15 is 0 Å². The van der Waals surface area contributed by atoms with Gasteiger partial charge in [-0.2, -0.15) is 0 Å². The number of benzene rings is 3. The second-order valence-corrected chi connectivity index (χ2v) is 7.84. The van der Waals surface area contributed by atoms with Crippen LogP contribution in [-0.2, 0) is 16.2 Å². The third-order valence-electron chi connectivity index (χ3n) is 4.74. The van der Waals surface area contributed by atoms with E-state index in [1.807, 2.05) is 30.3 Å². The average molecular weight is 485 g/mol. The van der Waals surface area contributed by atoms with Crippen molar-refractivity contribution in [1.29, 1.82) is 0 Å². The number of nitrogens with zero attached hydrogens (tertiary/aromatic N) is 1. The molecular formula is C24H15Cl2FN2O4. The lowest BCUT2D eigenvalue weighted by molar-refractivity contribution is -0.122. The molecular weight excluding hydrogens is 470 g/mol. The van der Waals surface area contributed by atoms with Crippen LogP contribution in [0.25, 0.3) is 6.08 Å². The van der Waals surface area contributed by atoms with Gasteiger partial charge in [0.15, 0.2) is 5.75 Å². The van der Waals surface area contributed by atoms with E-state index in [2.05, 4.69) is 5.32 Å². The Morgan fingerprint density at radius 3 is 2.21 bits per heavy atom. The van der Waals surface area contributed by atoms with Crippen molar-refractivity contribution in [3.63, 3.8) is 0 Å². The number of imide groups is 2. The zero-order chi connectivity index (χ0) is 23.5. The van der Waals surface area contributed by atoms with Crippen molar-refractivity contribution in [3.05, 3.63) is 99.3 Å². The van der Waals surface area contributed by atoms with Crippen molar-refractivity contribution >= 4 is 52.8 Å². The molecule has 1 aliphatic heterocycles. The van der Waals surface area contributed by atoms with Gasteiger partial charge in [-0.05, 0) is 53.6 Å². The molecule has 1 fully saturated rings. The molecule has 166 valence electrons. The first-order valence-corrected chi connectivity index (χ1v) is 10.4. The van der Waals surface area contributed by atoms with Crippen LogP contribution in [-0.4, -0.2) is 17.8 Å². The van der Waals surface area contributed by atoms with Crippen molar-refractivity contribution in [2.24, 2.45) is 0 Å². The minimum atomic E-state index is -0.936. The SMILES string of the molecule is O=C1NC(=O)N(c2ccc(F)cc2)C(=O)/C1=C/c1cc(Cl)c(OCc2ccccc2)c(Cl)c1. The second kappa shape index (κ2) is 9.44. The maximum absolute atomic E-state index is 13.2. The van der Waals surface area contributed by atoms with Crippen LogP contribution in [0.3, 0.4) is 0 Å². The predicted molar refractivity (Wildman–Crippen MR) is 123 cm³/mol. The zero-order valence-corrected chi connectivity index (χ0v) is 18.4. The molecule has 0 bridgehead atoms. The number of carbonyl (C=O) groups excluding carboxylic acids is 3. The van der Waals surface area contributed by atoms with Gasteiger partial charge in [-0.3, -0.25) is 14.9 Å². The maximum Gasteiger partial charge on any atom is 0.335 e. The number of ether oxygens (including phenoxy) is 1. The number of carbonyl (C=O) groups is 3. The van der Waals surface area contributed by atoms with Crippen LogP contribution >= 0.6 is 23.2 Å². The van der Waals surface area contributed by atoms with Crippen LogP contribution in [0.15, 0.2) is 72.3 Å². The normalized spacial score (nSPS) is 15.1. The highest BCUT2D eigenvalue weighted by atomic mass is 35.5. The molecule has 0 spiro atoms. The quantitative estimate of drug-likeness (QED) is 0.389. The molecule has 33 heavy (non-hydrogen) atoms. The summed E-state index contributed by atoms with van der Waals surface area (Å²) >= 11 is 12.7. The topological polar surface area (TPSA) is 75.7 Å². The van der Waals surface area contributed by atoms with Gasteiger partial charge in [0.1, 0.15) is 18.0 Å². The molecule has 4 rings (SSSR count). The van der Waals surface area contributed by atoms with E-state index in [1.54, 1.807) is 0 Å². The third-order valence-corrected chi connectivity index (χ3v) is 5.31. The van der Waals surface area contributed by atoms with E-state index in [1.165, 1.54) is 30.3 Å². The summed E-state index contributed by atoms with van der Waals surface area (Å²) in [6, 6.07) is 16.2. The smallest absolute Gasteiger partial charge is 0.335 e. The van der Waals surface area contributed by atoms with Crippen LogP contribution < -0.4 is 15.0 Å². The minimum absolute atomic E-state index is 0.109. The molecule has 1 N–H and O–H groups in total. The zero-order valence-electron chi connectivity index (χ0n) is 16.8. The summed E-state index contributed by atoms with van der Waals surface area (Å²) in [5.74, 6) is -2.02. The fourth-order valence-corrected chi connectivity index (χ4v) is 3.79. The summed E-state index contributed by atoms with van der Waals surface area (Å²) in [4.78, 5) is 38.2. The molecule has 9 heteroatoms. The van der Waals surface area contributed by atoms with E-state index in [4.69, 9.17) is 27.9 Å². The molecule has 1 aliphatic rings. The van der Waals surface area contributed by atoms with Crippen LogP contribution in [0.2, 0.25) is 10.0 Å². The molecule has 3 aromatic rings. The fourth-order valence-electron chi connectivity index (χ4n) is 3.18. The van der Waals surface area contributed by atoms with Gasteiger partial charge in [-0.1, -0.05) is 53.5 Å². The van der Waals surface area contributed by atoms with E-state index in [0.29, 0.717) is 5.56 Å². The number of urea groups is 1. The number of rotatable bonds is 5. The summed E-state index contributed by atoms with van der Waals surface area (Å²) in [5.41, 5.74) is 1.07. The molecule has 1 saturated heterocycles. The lowest BCUT2D eigenvalue weighted by Gasteiger charge is -2.26. The Bertz CT molecular complexity index is 1250. The van der Waals surface area contributed by atoms with Crippen molar-refractivity contribution in [2.75, 3.05) is 4.90 Å². The van der Waals surface area contributed by atoms with E-state index in [0.717, 1.165) is 22.6 Å². The van der Waals surface area contributed by atoms with Crippen molar-refractivity contribution in [2.45, 2.75) is 6.61 Å². The Balaban J connectivity index is 1.61. The Morgan fingerprint density at radius 2 is 1.58 bits per heavy atom. The molecule has 0 saturated carbocycles. The monoisotopic (exact) mass is 484 g/mol. The maximum atomic E-state index is 13.2. The lowest BCUT2D eigenvalue weighted by atomic mass is 10.1. The Labute approximate surface area is 198 Å². The number of halogens is 3. The van der Waals surface area contributed by atoms with Gasteiger partial charge >= 0.3 is 6.03 Å². The number of nitrogens with one attached hydrogen (secondary N) is 1. The van der Waals surface area contributed by atoms with Gasteiger partial charge in [0.25, 0.3) is 11.8 Å². The Kier molecular flexibility index (Phi) is 6.44. The molecule has 6 nitrogen and oxygen atoms in total. The number of hydrogen-bond acceptors (Lipinski definition) is 4. The van der Waals surface area contributed by atoms with Crippen LogP contribution in [0.1, 0.15) is 11.1 Å². The molecule has 3 aromatic carbocycles. The van der Waals surface area contributed by atoms with Gasteiger partial charge < -0.3 is 4.74 Å². The second-order valence-electron chi connectivity index (χ2n) is 7.02. The van der Waals surface area contributed by atoms with Crippen molar-refractivity contribution in [3.8, 4) is 5.75 Å². The molecule has 4 amide bonds. The van der Waals surface area contributed by atoms with Gasteiger partial charge in [-0.15, -0.1) is 0 Å². The summed E-state index contributed by atoms with van der Waals surface area (Å²) in [6.07, 6.45) is 1.26. The summed E-state index contributed by atoms with van der Waals surface area (Å²) in [7, 11) is 0. The minimum Gasteiger partial charge on any atom is -0.486 e. The van der Waals surface area contributed by atoms with E-state index in [-0.39, 0.29) is 33.7 Å². The molecule has 0 aliphatic carbocycles. The highest BCUT2D eigenvalue weighted by molar-refractivity contribution is 6.40. The average Bonchev–Trinajstić information content (AvgIpc) is 2.78. The van der Waals surface area contributed by atoms with E-state index in [9.17, 15) is 18.8 Å². The number of barbiturate groups is 1. The Hall–Kier alpha value is -3.68. The third kappa shape index (κ3) is 4.89. The molecule has 1 heterocycles. The van der Waals surface area contributed by atoms with Crippen molar-refractivity contribution < 1.29 is 23.5 Å². The van der Waals surface area contributed by atoms with Crippen molar-refractivity contribution in [1.82, 2.24) is 5.32 Å². The van der Waals surface area contributed by atoms with Gasteiger partial charge in [0.05, 0.1) is 15.7 Å². The number of anilines is 1. The van der Waals surface area contributed by atoms with Gasteiger partial charge in [0.2, 0.25) is 0 Å². The largest absolute Gasteiger partial charge is 0.486 e. The number of hydrogen-bond donors (Lipinski definition) is 1. The first kappa shape index (κ1) is 22.5. The summed E-state index contributed by atoms with van der Waals surface area (Å²) in [5, 5.41) is 2.46. The molecule has 0 atom stereocenters. The number of amides is 4. The van der Waals surface area contributed by atoms with Crippen LogP contribution in [0, 0.1) is 5.82 Å². The standard InChI is InChI=1S/C24H15Cl2FN2O4/c25-19-11-15(12-20(26)21(19)33-13-14-4-2-1-3-5-14)10-18-22(30)28-24(32)29(23(18)31)17-8-6-16(27)7-9-17/h1-12H,13H2,(H,28,30,32)/b18-10+.